The Hall–Kier alpha value is -3.07. The van der Waals surface area contributed by atoms with Gasteiger partial charge in [0.15, 0.2) is 5.82 Å². The maximum absolute atomic E-state index is 12.4. The highest BCUT2D eigenvalue weighted by Gasteiger charge is 2.31. The lowest BCUT2D eigenvalue weighted by molar-refractivity contribution is -0.274. The Morgan fingerprint density at radius 3 is 2.60 bits per heavy atom. The van der Waals surface area contributed by atoms with Crippen LogP contribution < -0.4 is 10.1 Å². The van der Waals surface area contributed by atoms with Crippen LogP contribution in [0.1, 0.15) is 12.8 Å². The average molecular weight is 418 g/mol. The molecule has 1 atom stereocenters. The van der Waals surface area contributed by atoms with Gasteiger partial charge < -0.3 is 20.1 Å². The minimum Gasteiger partial charge on any atom is -0.507 e. The van der Waals surface area contributed by atoms with Crippen LogP contribution in [0, 0.1) is 0 Å². The van der Waals surface area contributed by atoms with Crippen LogP contribution in [0.2, 0.25) is 0 Å². The number of nitrogens with one attached hydrogen (secondary N) is 1. The zero-order valence-corrected chi connectivity index (χ0v) is 16.3. The summed E-state index contributed by atoms with van der Waals surface area (Å²) >= 11 is 0. The van der Waals surface area contributed by atoms with Crippen LogP contribution in [0.5, 0.6) is 11.5 Å². The molecule has 0 saturated carbocycles. The van der Waals surface area contributed by atoms with Gasteiger partial charge in [-0.1, -0.05) is 24.3 Å². The highest BCUT2D eigenvalue weighted by atomic mass is 19.4. The van der Waals surface area contributed by atoms with E-state index in [0.29, 0.717) is 11.5 Å². The summed E-state index contributed by atoms with van der Waals surface area (Å²) in [6.07, 6.45) is -2.71. The van der Waals surface area contributed by atoms with E-state index in [1.54, 1.807) is 0 Å². The van der Waals surface area contributed by atoms with Gasteiger partial charge in [-0.2, -0.15) is 0 Å². The van der Waals surface area contributed by atoms with Crippen LogP contribution in [0.25, 0.3) is 22.0 Å². The molecule has 1 aliphatic rings. The molecule has 0 radical (unpaired) electrons. The number of aromatic hydroxyl groups is 1. The molecule has 6 nitrogen and oxygen atoms in total. The first kappa shape index (κ1) is 20.2. The Kier molecular flexibility index (Phi) is 5.38. The van der Waals surface area contributed by atoms with Gasteiger partial charge in [0.1, 0.15) is 17.2 Å². The number of benzene rings is 2. The second-order valence-electron chi connectivity index (χ2n) is 7.42. The van der Waals surface area contributed by atoms with Crippen molar-refractivity contribution in [2.45, 2.75) is 25.2 Å². The van der Waals surface area contributed by atoms with Crippen molar-refractivity contribution in [3.8, 4) is 22.8 Å². The molecule has 0 bridgehead atoms. The number of likely N-dealkylation sites (N-methyl/N-ethyl adjacent to an activating group) is 1. The van der Waals surface area contributed by atoms with Gasteiger partial charge in [-0.05, 0) is 38.6 Å². The first-order chi connectivity index (χ1) is 14.3. The highest BCUT2D eigenvalue weighted by molar-refractivity contribution is 6.00. The summed E-state index contributed by atoms with van der Waals surface area (Å²) < 4.78 is 41.2. The van der Waals surface area contributed by atoms with Crippen LogP contribution in [0.15, 0.2) is 42.5 Å². The lowest BCUT2D eigenvalue weighted by Crippen LogP contribution is -2.40. The van der Waals surface area contributed by atoms with E-state index in [0.717, 1.165) is 48.8 Å². The van der Waals surface area contributed by atoms with Gasteiger partial charge in [0.25, 0.3) is 0 Å². The molecule has 2 N–H and O–H groups in total. The second kappa shape index (κ2) is 7.98. The molecule has 4 rings (SSSR count). The number of hydrogen-bond donors (Lipinski definition) is 2. The quantitative estimate of drug-likeness (QED) is 0.654. The first-order valence-electron chi connectivity index (χ1n) is 9.60. The predicted octanol–water partition coefficient (Wildman–Crippen LogP) is 4.41. The monoisotopic (exact) mass is 418 g/mol. The van der Waals surface area contributed by atoms with E-state index in [1.165, 1.54) is 6.07 Å². The molecule has 0 spiro atoms. The lowest BCUT2D eigenvalue weighted by atomic mass is 10.0. The topological polar surface area (TPSA) is 70.5 Å². The number of phenolic OH excluding ortho intramolecular Hbond substituents is 1. The summed E-state index contributed by atoms with van der Waals surface area (Å²) in [5.41, 5.74) is 0.658. The molecular weight excluding hydrogens is 397 g/mol. The summed E-state index contributed by atoms with van der Waals surface area (Å²) in [6, 6.07) is 11.1. The summed E-state index contributed by atoms with van der Waals surface area (Å²) in [6.45, 7) is 1.97. The molecule has 9 heteroatoms. The molecular formula is C21H21F3N4O2. The van der Waals surface area contributed by atoms with E-state index >= 15 is 0 Å². The SMILES string of the molecule is CN1CCC[C@@H](Nc2nnc(-c3ccc(OC(F)(F)F)cc3O)c3ccccc23)C1. The maximum atomic E-state index is 12.4. The number of ether oxygens (including phenoxy) is 1. The highest BCUT2D eigenvalue weighted by Crippen LogP contribution is 2.37. The Bertz CT molecular complexity index is 1060. The summed E-state index contributed by atoms with van der Waals surface area (Å²) in [5, 5.41) is 23.9. The van der Waals surface area contributed by atoms with E-state index < -0.39 is 12.1 Å². The van der Waals surface area contributed by atoms with Crippen LogP contribution >= 0.6 is 0 Å². The molecule has 1 saturated heterocycles. The zero-order chi connectivity index (χ0) is 21.3. The molecule has 3 aromatic rings. The standard InChI is InChI=1S/C21H21F3N4O2/c1-28-10-4-5-13(12-28)25-20-16-7-3-2-6-15(16)19(26-27-20)17-9-8-14(11-18(17)29)30-21(22,23)24/h2-3,6-9,11,13,29H,4-5,10,12H2,1H3,(H,25,27)/t13-/m1/s1. The van der Waals surface area contributed by atoms with Crippen molar-refractivity contribution < 1.29 is 23.0 Å². The number of hydrogen-bond acceptors (Lipinski definition) is 6. The normalized spacial score (nSPS) is 17.8. The molecule has 1 aromatic heterocycles. The van der Waals surface area contributed by atoms with Gasteiger partial charge in [-0.3, -0.25) is 0 Å². The number of phenols is 1. The second-order valence-corrected chi connectivity index (χ2v) is 7.42. The van der Waals surface area contributed by atoms with Crippen molar-refractivity contribution in [1.82, 2.24) is 15.1 Å². The number of rotatable bonds is 4. The molecule has 2 heterocycles. The van der Waals surface area contributed by atoms with Crippen LogP contribution in [0.4, 0.5) is 19.0 Å². The maximum Gasteiger partial charge on any atom is 0.573 e. The van der Waals surface area contributed by atoms with E-state index in [-0.39, 0.29) is 17.4 Å². The number of anilines is 1. The molecule has 0 aliphatic carbocycles. The van der Waals surface area contributed by atoms with Crippen LogP contribution in [-0.2, 0) is 0 Å². The summed E-state index contributed by atoms with van der Waals surface area (Å²) in [4.78, 5) is 2.26. The molecule has 1 aliphatic heterocycles. The number of nitrogens with zero attached hydrogens (tertiary/aromatic N) is 3. The minimum atomic E-state index is -4.83. The fraction of sp³-hybridized carbons (Fsp3) is 0.333. The van der Waals surface area contributed by atoms with Gasteiger partial charge in [0.05, 0.1) is 0 Å². The van der Waals surface area contributed by atoms with Crippen molar-refractivity contribution >= 4 is 16.6 Å². The Morgan fingerprint density at radius 2 is 1.90 bits per heavy atom. The molecule has 0 amide bonds. The van der Waals surface area contributed by atoms with Crippen LogP contribution in [-0.4, -0.2) is 52.7 Å². The van der Waals surface area contributed by atoms with E-state index in [2.05, 4.69) is 32.2 Å². The van der Waals surface area contributed by atoms with Gasteiger partial charge >= 0.3 is 6.36 Å². The third-order valence-electron chi connectivity index (χ3n) is 5.11. The third kappa shape index (κ3) is 4.40. The summed E-state index contributed by atoms with van der Waals surface area (Å²) in [5.74, 6) is -0.224. The molecule has 1 fully saturated rings. The van der Waals surface area contributed by atoms with Crippen molar-refractivity contribution in [3.05, 3.63) is 42.5 Å². The molecule has 0 unspecified atom stereocenters. The smallest absolute Gasteiger partial charge is 0.507 e. The predicted molar refractivity (Wildman–Crippen MR) is 107 cm³/mol. The van der Waals surface area contributed by atoms with Crippen LogP contribution in [0.3, 0.4) is 0 Å². The largest absolute Gasteiger partial charge is 0.573 e. The van der Waals surface area contributed by atoms with E-state index in [4.69, 9.17) is 0 Å². The zero-order valence-electron chi connectivity index (χ0n) is 16.3. The Balaban J connectivity index is 1.69. The van der Waals surface area contributed by atoms with Crippen molar-refractivity contribution in [3.63, 3.8) is 0 Å². The number of likely N-dealkylation sites (tertiary alicyclic amines) is 1. The van der Waals surface area contributed by atoms with Gasteiger partial charge in [-0.25, -0.2) is 0 Å². The number of piperidine rings is 1. The molecule has 30 heavy (non-hydrogen) atoms. The molecule has 2 aromatic carbocycles. The van der Waals surface area contributed by atoms with Gasteiger partial charge in [-0.15, -0.1) is 23.4 Å². The Labute approximate surface area is 171 Å². The van der Waals surface area contributed by atoms with E-state index in [1.807, 2.05) is 24.3 Å². The minimum absolute atomic E-state index is 0.250. The average Bonchev–Trinajstić information content (AvgIpc) is 2.68. The number of alkyl halides is 3. The van der Waals surface area contributed by atoms with E-state index in [9.17, 15) is 18.3 Å². The summed E-state index contributed by atoms with van der Waals surface area (Å²) in [7, 11) is 2.08. The fourth-order valence-corrected chi connectivity index (χ4v) is 3.80. The third-order valence-corrected chi connectivity index (χ3v) is 5.11. The molecule has 158 valence electrons. The lowest BCUT2D eigenvalue weighted by Gasteiger charge is -2.30. The first-order valence-corrected chi connectivity index (χ1v) is 9.60. The van der Waals surface area contributed by atoms with Crippen molar-refractivity contribution in [1.29, 1.82) is 0 Å². The Morgan fingerprint density at radius 1 is 1.13 bits per heavy atom. The van der Waals surface area contributed by atoms with Crippen molar-refractivity contribution in [2.24, 2.45) is 0 Å². The van der Waals surface area contributed by atoms with Crippen molar-refractivity contribution in [2.75, 3.05) is 25.5 Å². The van der Waals surface area contributed by atoms with Gasteiger partial charge in [0, 0.05) is 35.0 Å². The van der Waals surface area contributed by atoms with Gasteiger partial charge in [0.2, 0.25) is 0 Å². The fourth-order valence-electron chi connectivity index (χ4n) is 3.80. The number of fused-ring (bicyclic) bond motifs is 1. The number of aromatic nitrogens is 2. The number of halogens is 3.